The Morgan fingerprint density at radius 1 is 1.41 bits per heavy atom. The highest BCUT2D eigenvalue weighted by Crippen LogP contribution is 2.24. The second-order valence-electron chi connectivity index (χ2n) is 7.48. The number of hydrogen-bond acceptors (Lipinski definition) is 7. The van der Waals surface area contributed by atoms with E-state index in [1.165, 1.54) is 11.3 Å². The van der Waals surface area contributed by atoms with Crippen LogP contribution in [-0.4, -0.2) is 47.2 Å². The van der Waals surface area contributed by atoms with Crippen LogP contribution in [0.3, 0.4) is 0 Å². The molecule has 27 heavy (non-hydrogen) atoms. The summed E-state index contributed by atoms with van der Waals surface area (Å²) >= 11 is 6.94. The van der Waals surface area contributed by atoms with Crippen molar-refractivity contribution in [1.82, 2.24) is 14.7 Å². The molecule has 1 atom stereocenters. The van der Waals surface area contributed by atoms with Gasteiger partial charge in [-0.15, -0.1) is 5.10 Å². The quantitative estimate of drug-likeness (QED) is 0.679. The summed E-state index contributed by atoms with van der Waals surface area (Å²) in [6, 6.07) is 8.08. The summed E-state index contributed by atoms with van der Waals surface area (Å²) in [5, 5.41) is 8.71. The second-order valence-corrected chi connectivity index (χ2v) is 11.3. The van der Waals surface area contributed by atoms with Gasteiger partial charge in [-0.2, -0.15) is 0 Å². The molecule has 1 aromatic carbocycles. The van der Waals surface area contributed by atoms with Crippen LogP contribution < -0.4 is 5.32 Å². The fraction of sp³-hybridized carbons (Fsp3) is 0.556. The summed E-state index contributed by atoms with van der Waals surface area (Å²) in [4.78, 5) is 2.21. The SMILES string of the molecule is Cc1ccccc1Nc1nn(CN(CC(C)C)C2CCS(=O)(=O)C2)c(=S)s1. The van der Waals surface area contributed by atoms with Crippen LogP contribution in [0, 0.1) is 16.8 Å². The maximum Gasteiger partial charge on any atom is 0.209 e. The molecule has 2 aromatic rings. The molecule has 1 aliphatic rings. The van der Waals surface area contributed by atoms with Gasteiger partial charge in [0.25, 0.3) is 0 Å². The van der Waals surface area contributed by atoms with Gasteiger partial charge in [0.2, 0.25) is 5.13 Å². The molecule has 2 heterocycles. The Kier molecular flexibility index (Phi) is 6.35. The molecule has 0 bridgehead atoms. The number of aryl methyl sites for hydroxylation is 1. The van der Waals surface area contributed by atoms with Crippen molar-refractivity contribution in [3.05, 3.63) is 33.8 Å². The van der Waals surface area contributed by atoms with Crippen molar-refractivity contribution in [2.75, 3.05) is 23.4 Å². The van der Waals surface area contributed by atoms with Crippen LogP contribution in [0.5, 0.6) is 0 Å². The molecule has 1 saturated heterocycles. The molecule has 6 nitrogen and oxygen atoms in total. The first-order chi connectivity index (χ1) is 12.7. The van der Waals surface area contributed by atoms with E-state index in [1.54, 1.807) is 4.68 Å². The first-order valence-corrected chi connectivity index (χ1v) is 12.1. The summed E-state index contributed by atoms with van der Waals surface area (Å²) in [5.74, 6) is 0.936. The summed E-state index contributed by atoms with van der Waals surface area (Å²) < 4.78 is 26.3. The Morgan fingerprint density at radius 2 is 2.15 bits per heavy atom. The molecule has 1 N–H and O–H groups in total. The van der Waals surface area contributed by atoms with Crippen LogP contribution in [0.25, 0.3) is 0 Å². The highest BCUT2D eigenvalue weighted by Gasteiger charge is 2.32. The number of para-hydroxylation sites is 1. The zero-order valence-electron chi connectivity index (χ0n) is 15.9. The molecule has 148 valence electrons. The van der Waals surface area contributed by atoms with Gasteiger partial charge in [0.05, 0.1) is 18.2 Å². The number of hydrogen-bond donors (Lipinski definition) is 1. The lowest BCUT2D eigenvalue weighted by Gasteiger charge is -2.29. The van der Waals surface area contributed by atoms with Crippen LogP contribution in [0.15, 0.2) is 24.3 Å². The van der Waals surface area contributed by atoms with Gasteiger partial charge in [-0.25, -0.2) is 13.1 Å². The minimum atomic E-state index is -2.93. The number of nitrogens with zero attached hydrogens (tertiary/aromatic N) is 3. The van der Waals surface area contributed by atoms with Gasteiger partial charge < -0.3 is 5.32 Å². The van der Waals surface area contributed by atoms with Crippen LogP contribution in [0.1, 0.15) is 25.8 Å². The molecule has 9 heteroatoms. The van der Waals surface area contributed by atoms with Gasteiger partial charge in [0.1, 0.15) is 0 Å². The number of benzene rings is 1. The lowest BCUT2D eigenvalue weighted by molar-refractivity contribution is 0.138. The van der Waals surface area contributed by atoms with Gasteiger partial charge in [0, 0.05) is 18.3 Å². The predicted molar refractivity (Wildman–Crippen MR) is 114 cm³/mol. The van der Waals surface area contributed by atoms with E-state index in [9.17, 15) is 8.42 Å². The Labute approximate surface area is 170 Å². The lowest BCUT2D eigenvalue weighted by atomic mass is 10.1. The molecule has 3 rings (SSSR count). The van der Waals surface area contributed by atoms with E-state index in [2.05, 4.69) is 29.2 Å². The standard InChI is InChI=1S/C18H26N4O2S3/c1-13(2)10-21(15-8-9-27(23,24)11-15)12-22-18(25)26-17(20-22)19-16-7-5-4-6-14(16)3/h4-7,13,15H,8-12H2,1-3H3,(H,19,20). The first kappa shape index (κ1) is 20.4. The average molecular weight is 427 g/mol. The third-order valence-corrected chi connectivity index (χ3v) is 7.61. The first-order valence-electron chi connectivity index (χ1n) is 9.08. The van der Waals surface area contributed by atoms with E-state index in [4.69, 9.17) is 12.2 Å². The maximum atomic E-state index is 11.9. The van der Waals surface area contributed by atoms with Crippen molar-refractivity contribution in [1.29, 1.82) is 0 Å². The topological polar surface area (TPSA) is 67.2 Å². The molecule has 0 spiro atoms. The van der Waals surface area contributed by atoms with Crippen LogP contribution in [0.2, 0.25) is 0 Å². The molecule has 0 saturated carbocycles. The van der Waals surface area contributed by atoms with E-state index in [-0.39, 0.29) is 17.5 Å². The van der Waals surface area contributed by atoms with Gasteiger partial charge >= 0.3 is 0 Å². The molecule has 0 radical (unpaired) electrons. The molecule has 1 fully saturated rings. The van der Waals surface area contributed by atoms with Crippen molar-refractivity contribution in [3.8, 4) is 0 Å². The van der Waals surface area contributed by atoms with Crippen molar-refractivity contribution in [2.45, 2.75) is 39.9 Å². The monoisotopic (exact) mass is 426 g/mol. The number of anilines is 2. The lowest BCUT2D eigenvalue weighted by Crippen LogP contribution is -2.40. The Balaban J connectivity index is 1.77. The highest BCUT2D eigenvalue weighted by atomic mass is 32.2. The second kappa shape index (κ2) is 8.38. The van der Waals surface area contributed by atoms with Crippen molar-refractivity contribution < 1.29 is 8.42 Å². The van der Waals surface area contributed by atoms with E-state index in [0.717, 1.165) is 22.9 Å². The summed E-state index contributed by atoms with van der Waals surface area (Å²) in [6.45, 7) is 7.66. The third-order valence-electron chi connectivity index (χ3n) is 4.63. The molecule has 0 aliphatic carbocycles. The van der Waals surface area contributed by atoms with Gasteiger partial charge in [0.15, 0.2) is 13.8 Å². The maximum absolute atomic E-state index is 11.9. The minimum absolute atomic E-state index is 0.0359. The zero-order valence-corrected chi connectivity index (χ0v) is 18.3. The largest absolute Gasteiger partial charge is 0.330 e. The molecular formula is C18H26N4O2S3. The van der Waals surface area contributed by atoms with Crippen molar-refractivity contribution in [2.24, 2.45) is 5.92 Å². The fourth-order valence-electron chi connectivity index (χ4n) is 3.30. The van der Waals surface area contributed by atoms with Crippen LogP contribution in [-0.2, 0) is 16.5 Å². The minimum Gasteiger partial charge on any atom is -0.330 e. The van der Waals surface area contributed by atoms with E-state index in [1.807, 2.05) is 31.2 Å². The normalized spacial score (nSPS) is 19.1. The third kappa shape index (κ3) is 5.37. The molecular weight excluding hydrogens is 400 g/mol. The highest BCUT2D eigenvalue weighted by molar-refractivity contribution is 7.91. The number of rotatable bonds is 7. The predicted octanol–water partition coefficient (Wildman–Crippen LogP) is 3.83. The number of aromatic nitrogens is 2. The van der Waals surface area contributed by atoms with E-state index in [0.29, 0.717) is 23.0 Å². The molecule has 0 amide bonds. The zero-order chi connectivity index (χ0) is 19.6. The molecule has 1 unspecified atom stereocenters. The van der Waals surface area contributed by atoms with E-state index < -0.39 is 9.84 Å². The molecule has 1 aromatic heterocycles. The smallest absolute Gasteiger partial charge is 0.209 e. The van der Waals surface area contributed by atoms with Gasteiger partial charge in [-0.3, -0.25) is 4.90 Å². The number of sulfone groups is 1. The summed E-state index contributed by atoms with van der Waals surface area (Å²) in [6.07, 6.45) is 0.681. The Morgan fingerprint density at radius 3 is 2.78 bits per heavy atom. The van der Waals surface area contributed by atoms with Crippen molar-refractivity contribution in [3.63, 3.8) is 0 Å². The molecule has 1 aliphatic heterocycles. The Hall–Kier alpha value is -1.29. The van der Waals surface area contributed by atoms with E-state index >= 15 is 0 Å². The van der Waals surface area contributed by atoms with Gasteiger partial charge in [-0.05, 0) is 43.1 Å². The van der Waals surface area contributed by atoms with Crippen LogP contribution >= 0.6 is 23.6 Å². The fourth-order valence-corrected chi connectivity index (χ4v) is 6.07. The van der Waals surface area contributed by atoms with Crippen molar-refractivity contribution >= 4 is 44.2 Å². The number of nitrogens with one attached hydrogen (secondary N) is 1. The Bertz CT molecular complexity index is 950. The average Bonchev–Trinajstić information content (AvgIpc) is 3.11. The summed E-state index contributed by atoms with van der Waals surface area (Å²) in [5.41, 5.74) is 2.15. The summed E-state index contributed by atoms with van der Waals surface area (Å²) in [7, 11) is -2.93. The van der Waals surface area contributed by atoms with Gasteiger partial charge in [-0.1, -0.05) is 43.4 Å². The van der Waals surface area contributed by atoms with Crippen LogP contribution in [0.4, 0.5) is 10.8 Å².